The van der Waals surface area contributed by atoms with E-state index in [2.05, 4.69) is 35.6 Å². The maximum absolute atomic E-state index is 5.89. The third-order valence-corrected chi connectivity index (χ3v) is 6.74. The highest BCUT2D eigenvalue weighted by atomic mass is 32.1. The summed E-state index contributed by atoms with van der Waals surface area (Å²) in [5, 5.41) is 3.61. The van der Waals surface area contributed by atoms with Crippen LogP contribution < -0.4 is 5.32 Å². The van der Waals surface area contributed by atoms with Crippen molar-refractivity contribution in [3.63, 3.8) is 0 Å². The Labute approximate surface area is 133 Å². The minimum absolute atomic E-state index is 0.336. The molecule has 1 nitrogen and oxygen atoms in total. The number of hydrogen-bond donors (Lipinski definition) is 1. The summed E-state index contributed by atoms with van der Waals surface area (Å²) in [7, 11) is 0. The van der Waals surface area contributed by atoms with Crippen molar-refractivity contribution in [1.29, 1.82) is 0 Å². The zero-order valence-corrected chi connectivity index (χ0v) is 13.5. The molecule has 112 valence electrons. The van der Waals surface area contributed by atoms with E-state index in [1.807, 2.05) is 0 Å². The Balaban J connectivity index is 1.48. The summed E-state index contributed by atoms with van der Waals surface area (Å²) in [5.74, 6) is 2.93. The molecule has 0 amide bonds. The predicted molar refractivity (Wildman–Crippen MR) is 91.1 cm³/mol. The van der Waals surface area contributed by atoms with Gasteiger partial charge in [-0.1, -0.05) is 42.5 Å². The van der Waals surface area contributed by atoms with E-state index in [0.717, 1.165) is 24.3 Å². The molecule has 0 heterocycles. The van der Waals surface area contributed by atoms with Crippen molar-refractivity contribution < 1.29 is 0 Å². The van der Waals surface area contributed by atoms with E-state index in [0.29, 0.717) is 5.41 Å². The third kappa shape index (κ3) is 2.63. The fourth-order valence-electron chi connectivity index (χ4n) is 5.41. The molecule has 4 aliphatic carbocycles. The number of fused-ring (bicyclic) bond motifs is 1. The molecule has 1 aromatic rings. The third-order valence-electron chi connectivity index (χ3n) is 6.17. The average molecular weight is 299 g/mol. The first-order valence-corrected chi connectivity index (χ1v) is 8.97. The molecular formula is C19H25NS. The lowest BCUT2D eigenvalue weighted by atomic mass is 9.61. The standard InChI is InChI=1S/C19H25NS/c21-18(20-13-14-4-2-1-3-5-14)19-7-6-15-8-16(11-19)10-17(9-15)12-19/h1-5,15-17H,6-13H2,(H,20,21). The first-order valence-electron chi connectivity index (χ1n) is 8.56. The number of hydrogen-bond acceptors (Lipinski definition) is 1. The molecule has 1 N–H and O–H groups in total. The molecule has 2 heteroatoms. The molecule has 4 bridgehead atoms. The van der Waals surface area contributed by atoms with Gasteiger partial charge in [-0.05, 0) is 68.3 Å². The number of rotatable bonds is 3. The molecule has 0 aromatic heterocycles. The van der Waals surface area contributed by atoms with Crippen LogP contribution in [-0.2, 0) is 6.54 Å². The van der Waals surface area contributed by atoms with Crippen molar-refractivity contribution in [3.05, 3.63) is 35.9 Å². The van der Waals surface area contributed by atoms with Gasteiger partial charge in [-0.2, -0.15) is 0 Å². The van der Waals surface area contributed by atoms with Gasteiger partial charge in [-0.25, -0.2) is 0 Å². The van der Waals surface area contributed by atoms with Crippen LogP contribution in [-0.4, -0.2) is 4.99 Å². The van der Waals surface area contributed by atoms with Gasteiger partial charge in [0.25, 0.3) is 0 Å². The molecule has 0 aliphatic heterocycles. The summed E-state index contributed by atoms with van der Waals surface area (Å²) < 4.78 is 0. The van der Waals surface area contributed by atoms with Crippen LogP contribution in [0.1, 0.15) is 50.5 Å². The van der Waals surface area contributed by atoms with E-state index in [1.165, 1.54) is 55.5 Å². The van der Waals surface area contributed by atoms with Gasteiger partial charge in [-0.3, -0.25) is 0 Å². The van der Waals surface area contributed by atoms with Gasteiger partial charge >= 0.3 is 0 Å². The quantitative estimate of drug-likeness (QED) is 0.811. The summed E-state index contributed by atoms with van der Waals surface area (Å²) in [6.45, 7) is 0.889. The van der Waals surface area contributed by atoms with Crippen molar-refractivity contribution in [2.24, 2.45) is 23.2 Å². The van der Waals surface area contributed by atoms with E-state index in [-0.39, 0.29) is 0 Å². The number of nitrogens with one attached hydrogen (secondary N) is 1. The lowest BCUT2D eigenvalue weighted by molar-refractivity contribution is 0.107. The zero-order chi connectivity index (χ0) is 14.3. The maximum Gasteiger partial charge on any atom is 0.0818 e. The highest BCUT2D eigenvalue weighted by Crippen LogP contribution is 2.57. The lowest BCUT2D eigenvalue weighted by Gasteiger charge is -2.45. The number of benzene rings is 1. The lowest BCUT2D eigenvalue weighted by Crippen LogP contribution is -2.44. The second-order valence-electron chi connectivity index (χ2n) is 7.70. The largest absolute Gasteiger partial charge is 0.375 e. The van der Waals surface area contributed by atoms with Gasteiger partial charge in [0.15, 0.2) is 0 Å². The van der Waals surface area contributed by atoms with Crippen molar-refractivity contribution in [2.75, 3.05) is 0 Å². The Hall–Kier alpha value is -0.890. The molecular weight excluding hydrogens is 274 g/mol. The van der Waals surface area contributed by atoms with Gasteiger partial charge in [0.05, 0.1) is 4.99 Å². The molecule has 4 fully saturated rings. The molecule has 0 saturated heterocycles. The fourth-order valence-corrected chi connectivity index (χ4v) is 5.75. The second-order valence-corrected chi connectivity index (χ2v) is 8.11. The Morgan fingerprint density at radius 3 is 2.43 bits per heavy atom. The summed E-state index contributed by atoms with van der Waals surface area (Å²) in [5.41, 5.74) is 1.67. The maximum atomic E-state index is 5.89. The van der Waals surface area contributed by atoms with Crippen molar-refractivity contribution in [1.82, 2.24) is 5.32 Å². The highest BCUT2D eigenvalue weighted by Gasteiger charge is 2.49. The highest BCUT2D eigenvalue weighted by molar-refractivity contribution is 7.80. The first kappa shape index (κ1) is 13.8. The van der Waals surface area contributed by atoms with E-state index in [9.17, 15) is 0 Å². The van der Waals surface area contributed by atoms with Gasteiger partial charge in [0.2, 0.25) is 0 Å². The van der Waals surface area contributed by atoms with E-state index < -0.39 is 0 Å². The minimum atomic E-state index is 0.336. The van der Waals surface area contributed by atoms with Crippen LogP contribution >= 0.6 is 12.2 Å². The summed E-state index contributed by atoms with van der Waals surface area (Å²) in [6, 6.07) is 10.7. The summed E-state index contributed by atoms with van der Waals surface area (Å²) in [6.07, 6.45) is 9.94. The van der Waals surface area contributed by atoms with Gasteiger partial charge < -0.3 is 5.32 Å². The van der Waals surface area contributed by atoms with Crippen LogP contribution in [0.5, 0.6) is 0 Å². The van der Waals surface area contributed by atoms with E-state index >= 15 is 0 Å². The first-order chi connectivity index (χ1) is 10.2. The van der Waals surface area contributed by atoms with Crippen LogP contribution in [0.2, 0.25) is 0 Å². The van der Waals surface area contributed by atoms with E-state index in [1.54, 1.807) is 0 Å². The normalized spacial score (nSPS) is 37.2. The Bertz CT molecular complexity index is 510. The molecule has 4 saturated carbocycles. The molecule has 2 atom stereocenters. The minimum Gasteiger partial charge on any atom is -0.375 e. The zero-order valence-electron chi connectivity index (χ0n) is 12.7. The van der Waals surface area contributed by atoms with Crippen LogP contribution in [0.25, 0.3) is 0 Å². The fraction of sp³-hybridized carbons (Fsp3) is 0.632. The molecule has 4 aliphatic rings. The van der Waals surface area contributed by atoms with Crippen molar-refractivity contribution in [3.8, 4) is 0 Å². The Morgan fingerprint density at radius 1 is 1.05 bits per heavy atom. The molecule has 0 spiro atoms. The van der Waals surface area contributed by atoms with Gasteiger partial charge in [0, 0.05) is 12.0 Å². The van der Waals surface area contributed by atoms with E-state index in [4.69, 9.17) is 12.2 Å². The summed E-state index contributed by atoms with van der Waals surface area (Å²) >= 11 is 5.89. The van der Waals surface area contributed by atoms with Crippen LogP contribution in [0.4, 0.5) is 0 Å². The monoisotopic (exact) mass is 299 g/mol. The average Bonchev–Trinajstić information content (AvgIpc) is 2.71. The molecule has 0 radical (unpaired) electrons. The number of thiocarbonyl (C=S) groups is 1. The van der Waals surface area contributed by atoms with Gasteiger partial charge in [0.1, 0.15) is 0 Å². The van der Waals surface area contributed by atoms with Crippen molar-refractivity contribution in [2.45, 2.75) is 51.5 Å². The SMILES string of the molecule is S=C(NCc1ccccc1)C12CCC3CC(CC(C3)C1)C2. The van der Waals surface area contributed by atoms with Crippen LogP contribution in [0, 0.1) is 23.2 Å². The predicted octanol–water partition coefficient (Wildman–Crippen LogP) is 4.71. The topological polar surface area (TPSA) is 12.0 Å². The molecule has 5 rings (SSSR count). The molecule has 1 aromatic carbocycles. The van der Waals surface area contributed by atoms with Gasteiger partial charge in [-0.15, -0.1) is 0 Å². The second kappa shape index (κ2) is 5.39. The molecule has 2 unspecified atom stereocenters. The van der Waals surface area contributed by atoms with Crippen LogP contribution in [0.3, 0.4) is 0 Å². The molecule has 21 heavy (non-hydrogen) atoms. The van der Waals surface area contributed by atoms with Crippen LogP contribution in [0.15, 0.2) is 30.3 Å². The Morgan fingerprint density at radius 2 is 1.71 bits per heavy atom. The smallest absolute Gasteiger partial charge is 0.0818 e. The Kier molecular flexibility index (Phi) is 3.53. The van der Waals surface area contributed by atoms with Crippen molar-refractivity contribution >= 4 is 17.2 Å². The summed E-state index contributed by atoms with van der Waals surface area (Å²) in [4.78, 5) is 1.17.